The standard InChI is InChI=1S/C16H16ClFN2/c17-11-6-8-14(15(18)9-11)16(20-19)13-7-5-10-3-1-2-4-12(10)13/h1-4,6,8-9,13,16,20H,5,7,19H2. The predicted molar refractivity (Wildman–Crippen MR) is 79.0 cm³/mol. The molecular weight excluding hydrogens is 275 g/mol. The molecule has 0 bridgehead atoms. The Hall–Kier alpha value is -1.42. The van der Waals surface area contributed by atoms with Gasteiger partial charge in [0.1, 0.15) is 5.82 Å². The summed E-state index contributed by atoms with van der Waals surface area (Å²) in [6.07, 6.45) is 1.98. The van der Waals surface area contributed by atoms with Gasteiger partial charge in [-0.15, -0.1) is 0 Å². The van der Waals surface area contributed by atoms with E-state index in [9.17, 15) is 4.39 Å². The predicted octanol–water partition coefficient (Wildman–Crippen LogP) is 3.71. The van der Waals surface area contributed by atoms with Gasteiger partial charge in [0.25, 0.3) is 0 Å². The number of nitrogens with one attached hydrogen (secondary N) is 1. The Bertz CT molecular complexity index is 630. The van der Waals surface area contributed by atoms with Gasteiger partial charge in [-0.3, -0.25) is 11.3 Å². The lowest BCUT2D eigenvalue weighted by Gasteiger charge is -2.24. The molecule has 20 heavy (non-hydrogen) atoms. The number of hydrazine groups is 1. The van der Waals surface area contributed by atoms with Crippen molar-refractivity contribution in [1.82, 2.24) is 5.43 Å². The van der Waals surface area contributed by atoms with Crippen LogP contribution in [0.4, 0.5) is 4.39 Å². The first kappa shape index (κ1) is 13.6. The van der Waals surface area contributed by atoms with E-state index in [2.05, 4.69) is 17.6 Å². The molecule has 0 fully saturated rings. The van der Waals surface area contributed by atoms with Crippen LogP contribution in [0.2, 0.25) is 5.02 Å². The molecule has 1 aliphatic carbocycles. The number of fused-ring (bicyclic) bond motifs is 1. The minimum Gasteiger partial charge on any atom is -0.271 e. The second-order valence-electron chi connectivity index (χ2n) is 5.15. The Labute approximate surface area is 122 Å². The molecule has 0 saturated carbocycles. The third-order valence-corrected chi connectivity index (χ3v) is 4.29. The van der Waals surface area contributed by atoms with Crippen molar-refractivity contribution in [3.63, 3.8) is 0 Å². The molecule has 0 saturated heterocycles. The fraction of sp³-hybridized carbons (Fsp3) is 0.250. The monoisotopic (exact) mass is 290 g/mol. The Morgan fingerprint density at radius 2 is 2.05 bits per heavy atom. The van der Waals surface area contributed by atoms with Gasteiger partial charge in [0.15, 0.2) is 0 Å². The molecule has 104 valence electrons. The topological polar surface area (TPSA) is 38.0 Å². The van der Waals surface area contributed by atoms with Crippen LogP contribution in [0, 0.1) is 5.82 Å². The zero-order valence-corrected chi connectivity index (χ0v) is 11.7. The number of hydrogen-bond acceptors (Lipinski definition) is 2. The highest BCUT2D eigenvalue weighted by Crippen LogP contribution is 2.41. The van der Waals surface area contributed by atoms with Crippen LogP contribution < -0.4 is 11.3 Å². The largest absolute Gasteiger partial charge is 0.271 e. The summed E-state index contributed by atoms with van der Waals surface area (Å²) in [5, 5.41) is 0.397. The molecular formula is C16H16ClFN2. The van der Waals surface area contributed by atoms with Gasteiger partial charge in [-0.2, -0.15) is 0 Å². The molecule has 0 heterocycles. The highest BCUT2D eigenvalue weighted by Gasteiger charge is 2.31. The van der Waals surface area contributed by atoms with Crippen molar-refractivity contribution in [2.75, 3.05) is 0 Å². The zero-order valence-electron chi connectivity index (χ0n) is 10.9. The lowest BCUT2D eigenvalue weighted by Crippen LogP contribution is -2.32. The van der Waals surface area contributed by atoms with Gasteiger partial charge >= 0.3 is 0 Å². The summed E-state index contributed by atoms with van der Waals surface area (Å²) >= 11 is 5.81. The smallest absolute Gasteiger partial charge is 0.129 e. The Morgan fingerprint density at radius 1 is 1.25 bits per heavy atom. The van der Waals surface area contributed by atoms with Crippen molar-refractivity contribution < 1.29 is 4.39 Å². The second kappa shape index (κ2) is 5.52. The first-order valence-corrected chi connectivity index (χ1v) is 7.07. The van der Waals surface area contributed by atoms with E-state index >= 15 is 0 Å². The van der Waals surface area contributed by atoms with Crippen molar-refractivity contribution in [2.45, 2.75) is 24.8 Å². The Balaban J connectivity index is 1.99. The molecule has 2 unspecified atom stereocenters. The van der Waals surface area contributed by atoms with Crippen LogP contribution in [0.15, 0.2) is 42.5 Å². The van der Waals surface area contributed by atoms with Crippen molar-refractivity contribution in [1.29, 1.82) is 0 Å². The van der Waals surface area contributed by atoms with Gasteiger partial charge < -0.3 is 0 Å². The van der Waals surface area contributed by atoms with Crippen LogP contribution in [0.25, 0.3) is 0 Å². The second-order valence-corrected chi connectivity index (χ2v) is 5.59. The van der Waals surface area contributed by atoms with E-state index in [0.717, 1.165) is 12.8 Å². The molecule has 4 heteroatoms. The molecule has 2 aromatic carbocycles. The summed E-state index contributed by atoms with van der Waals surface area (Å²) < 4.78 is 14.1. The van der Waals surface area contributed by atoms with Crippen LogP contribution in [-0.2, 0) is 6.42 Å². The van der Waals surface area contributed by atoms with Gasteiger partial charge in [0, 0.05) is 16.5 Å². The lowest BCUT2D eigenvalue weighted by molar-refractivity contribution is 0.434. The van der Waals surface area contributed by atoms with E-state index in [1.807, 2.05) is 12.1 Å². The summed E-state index contributed by atoms with van der Waals surface area (Å²) in [6.45, 7) is 0. The number of benzene rings is 2. The summed E-state index contributed by atoms with van der Waals surface area (Å²) in [6, 6.07) is 12.8. The number of hydrogen-bond donors (Lipinski definition) is 2. The molecule has 0 spiro atoms. The van der Waals surface area contributed by atoms with E-state index < -0.39 is 0 Å². The Kier molecular flexibility index (Phi) is 3.74. The number of rotatable bonds is 3. The third kappa shape index (κ3) is 2.33. The van der Waals surface area contributed by atoms with Crippen LogP contribution in [-0.4, -0.2) is 0 Å². The number of halogens is 2. The van der Waals surface area contributed by atoms with E-state index in [0.29, 0.717) is 10.6 Å². The summed E-state index contributed by atoms with van der Waals surface area (Å²) in [4.78, 5) is 0. The SMILES string of the molecule is NNC(c1ccc(Cl)cc1F)C1CCc2ccccc21. The van der Waals surface area contributed by atoms with Crippen LogP contribution in [0.1, 0.15) is 35.1 Å². The van der Waals surface area contributed by atoms with Gasteiger partial charge in [-0.1, -0.05) is 41.9 Å². The van der Waals surface area contributed by atoms with E-state index in [1.54, 1.807) is 12.1 Å². The van der Waals surface area contributed by atoms with Crippen molar-refractivity contribution in [3.8, 4) is 0 Å². The summed E-state index contributed by atoms with van der Waals surface area (Å²) in [5.74, 6) is 5.57. The maximum atomic E-state index is 14.1. The minimum absolute atomic E-state index is 0.187. The molecule has 3 N–H and O–H groups in total. The van der Waals surface area contributed by atoms with E-state index in [1.165, 1.54) is 17.2 Å². The molecule has 2 aromatic rings. The highest BCUT2D eigenvalue weighted by molar-refractivity contribution is 6.30. The average molecular weight is 291 g/mol. The van der Waals surface area contributed by atoms with E-state index in [-0.39, 0.29) is 17.8 Å². The van der Waals surface area contributed by atoms with Gasteiger partial charge in [0.2, 0.25) is 0 Å². The molecule has 2 atom stereocenters. The fourth-order valence-corrected chi connectivity index (χ4v) is 3.27. The fourth-order valence-electron chi connectivity index (χ4n) is 3.11. The number of nitrogens with two attached hydrogens (primary N) is 1. The average Bonchev–Trinajstić information content (AvgIpc) is 2.86. The molecule has 0 amide bonds. The number of aryl methyl sites for hydroxylation is 1. The quantitative estimate of drug-likeness (QED) is 0.668. The normalized spacial score (nSPS) is 18.9. The minimum atomic E-state index is -0.315. The zero-order chi connectivity index (χ0) is 14.1. The van der Waals surface area contributed by atoms with Crippen molar-refractivity contribution in [2.24, 2.45) is 5.84 Å². The maximum Gasteiger partial charge on any atom is 0.129 e. The van der Waals surface area contributed by atoms with Crippen molar-refractivity contribution in [3.05, 3.63) is 70.0 Å². The van der Waals surface area contributed by atoms with Crippen LogP contribution in [0.5, 0.6) is 0 Å². The van der Waals surface area contributed by atoms with E-state index in [4.69, 9.17) is 17.4 Å². The van der Waals surface area contributed by atoms with Crippen LogP contribution in [0.3, 0.4) is 0 Å². The Morgan fingerprint density at radius 3 is 2.80 bits per heavy atom. The summed E-state index contributed by atoms with van der Waals surface area (Å²) in [5.41, 5.74) is 5.93. The first-order chi connectivity index (χ1) is 9.70. The highest BCUT2D eigenvalue weighted by atomic mass is 35.5. The van der Waals surface area contributed by atoms with Gasteiger partial charge in [-0.05, 0) is 36.1 Å². The van der Waals surface area contributed by atoms with Gasteiger partial charge in [-0.25, -0.2) is 4.39 Å². The summed E-state index contributed by atoms with van der Waals surface area (Å²) in [7, 11) is 0. The molecule has 0 radical (unpaired) electrons. The van der Waals surface area contributed by atoms with Crippen molar-refractivity contribution >= 4 is 11.6 Å². The van der Waals surface area contributed by atoms with Crippen LogP contribution >= 0.6 is 11.6 Å². The lowest BCUT2D eigenvalue weighted by atomic mass is 9.88. The molecule has 0 aromatic heterocycles. The molecule has 3 rings (SSSR count). The molecule has 1 aliphatic rings. The maximum absolute atomic E-state index is 14.1. The first-order valence-electron chi connectivity index (χ1n) is 6.69. The van der Waals surface area contributed by atoms with Gasteiger partial charge in [0.05, 0.1) is 6.04 Å². The molecule has 2 nitrogen and oxygen atoms in total. The molecule has 0 aliphatic heterocycles. The third-order valence-electron chi connectivity index (χ3n) is 4.06.